The lowest BCUT2D eigenvalue weighted by molar-refractivity contribution is -0.119. The molecule has 2 N–H and O–H groups in total. The summed E-state index contributed by atoms with van der Waals surface area (Å²) in [5, 5.41) is 13.5. The van der Waals surface area contributed by atoms with Gasteiger partial charge in [0.1, 0.15) is 11.6 Å². The van der Waals surface area contributed by atoms with Gasteiger partial charge in [-0.15, -0.1) is 0 Å². The van der Waals surface area contributed by atoms with Crippen LogP contribution in [0.4, 0.5) is 9.18 Å². The average molecular weight is 839 g/mol. The van der Waals surface area contributed by atoms with Gasteiger partial charge in [0.2, 0.25) is 11.8 Å². The minimum absolute atomic E-state index is 0.00154. The van der Waals surface area contributed by atoms with Gasteiger partial charge in [-0.1, -0.05) is 62.2 Å². The van der Waals surface area contributed by atoms with Crippen molar-refractivity contribution in [2.75, 3.05) is 40.5 Å². The molecule has 2 aromatic heterocycles. The maximum Gasteiger partial charge on any atom is 0.407 e. The van der Waals surface area contributed by atoms with Crippen molar-refractivity contribution < 1.29 is 33.0 Å². The van der Waals surface area contributed by atoms with E-state index in [1.807, 2.05) is 12.1 Å². The largest absolute Gasteiger partial charge is 0.496 e. The van der Waals surface area contributed by atoms with Gasteiger partial charge in [0.25, 0.3) is 0 Å². The number of nitrogens with zero attached hydrogens (tertiary/aromatic N) is 4. The van der Waals surface area contributed by atoms with Crippen LogP contribution in [-0.4, -0.2) is 91.7 Å². The third kappa shape index (κ3) is 9.23. The third-order valence-electron chi connectivity index (χ3n) is 11.4. The SMILES string of the molecule is COc1cc(-c2nccc(-c3cccc(-c4cc(F)c(CN(C[C@@H]5CCC(=O)N5)C(=O)O)c(OC)n4)c3Cl)c2Cl)cc2c1CN(CCO[Si](C)(C)C(C)(C)C)CC2. The number of halogens is 3. The summed E-state index contributed by atoms with van der Waals surface area (Å²) < 4.78 is 33.7. The topological polar surface area (TPSA) is 126 Å². The van der Waals surface area contributed by atoms with E-state index in [-0.39, 0.29) is 52.2 Å². The molecule has 57 heavy (non-hydrogen) atoms. The monoisotopic (exact) mass is 837 g/mol. The van der Waals surface area contributed by atoms with Gasteiger partial charge in [0.05, 0.1) is 47.8 Å². The summed E-state index contributed by atoms with van der Waals surface area (Å²) in [5.41, 5.74) is 5.49. The molecule has 0 bridgehead atoms. The summed E-state index contributed by atoms with van der Waals surface area (Å²) >= 11 is 14.2. The Morgan fingerprint density at radius 1 is 1.07 bits per heavy atom. The van der Waals surface area contributed by atoms with E-state index in [0.717, 1.165) is 47.8 Å². The van der Waals surface area contributed by atoms with Gasteiger partial charge in [-0.2, -0.15) is 0 Å². The Kier molecular flexibility index (Phi) is 12.8. The van der Waals surface area contributed by atoms with Crippen LogP contribution in [0.25, 0.3) is 33.6 Å². The molecule has 4 heterocycles. The molecular weight excluding hydrogens is 788 g/mol. The lowest BCUT2D eigenvalue weighted by Gasteiger charge is -2.37. The van der Waals surface area contributed by atoms with Crippen LogP contribution in [0, 0.1) is 5.82 Å². The molecule has 1 saturated heterocycles. The van der Waals surface area contributed by atoms with Crippen LogP contribution in [-0.2, 0) is 28.7 Å². The van der Waals surface area contributed by atoms with Gasteiger partial charge in [0, 0.05) is 85.3 Å². The van der Waals surface area contributed by atoms with Crippen molar-refractivity contribution in [2.45, 2.75) is 77.3 Å². The van der Waals surface area contributed by atoms with Crippen LogP contribution in [0.2, 0.25) is 28.2 Å². The van der Waals surface area contributed by atoms with Crippen molar-refractivity contribution in [1.82, 2.24) is 25.1 Å². The number of aromatic nitrogens is 2. The molecular formula is C42H50Cl2FN5O6Si. The summed E-state index contributed by atoms with van der Waals surface area (Å²) in [6.45, 7) is 14.2. The quantitative estimate of drug-likeness (QED) is 0.127. The Hall–Kier alpha value is -4.27. The lowest BCUT2D eigenvalue weighted by Crippen LogP contribution is -2.43. The summed E-state index contributed by atoms with van der Waals surface area (Å²) in [6, 6.07) is 12.0. The van der Waals surface area contributed by atoms with E-state index >= 15 is 4.39 Å². The molecule has 304 valence electrons. The normalized spacial score (nSPS) is 16.0. The fraction of sp³-hybridized carbons (Fsp3) is 0.429. The first-order chi connectivity index (χ1) is 27.0. The number of carbonyl (C=O) groups excluding carboxylic acids is 1. The number of carbonyl (C=O) groups is 2. The predicted molar refractivity (Wildman–Crippen MR) is 223 cm³/mol. The predicted octanol–water partition coefficient (Wildman–Crippen LogP) is 9.08. The van der Waals surface area contributed by atoms with Crippen LogP contribution in [0.5, 0.6) is 11.6 Å². The molecule has 1 atom stereocenters. The van der Waals surface area contributed by atoms with E-state index in [9.17, 15) is 14.7 Å². The highest BCUT2D eigenvalue weighted by Gasteiger charge is 2.37. The van der Waals surface area contributed by atoms with E-state index in [0.29, 0.717) is 46.9 Å². The van der Waals surface area contributed by atoms with E-state index in [4.69, 9.17) is 37.1 Å². The molecule has 15 heteroatoms. The van der Waals surface area contributed by atoms with Gasteiger partial charge in [-0.05, 0) is 54.7 Å². The molecule has 2 aliphatic heterocycles. The minimum Gasteiger partial charge on any atom is -0.496 e. The van der Waals surface area contributed by atoms with Crippen LogP contribution in [0.1, 0.15) is 50.3 Å². The number of hydrogen-bond donors (Lipinski definition) is 2. The van der Waals surface area contributed by atoms with Gasteiger partial charge < -0.3 is 29.2 Å². The second-order valence-electron chi connectivity index (χ2n) is 16.1. The van der Waals surface area contributed by atoms with E-state index in [1.165, 1.54) is 18.7 Å². The van der Waals surface area contributed by atoms with Crippen LogP contribution < -0.4 is 14.8 Å². The van der Waals surface area contributed by atoms with E-state index < -0.39 is 20.2 Å². The Balaban J connectivity index is 1.25. The van der Waals surface area contributed by atoms with Crippen molar-refractivity contribution in [3.05, 3.63) is 81.2 Å². The Bertz CT molecular complexity index is 2150. The molecule has 4 aromatic rings. The molecule has 11 nitrogen and oxygen atoms in total. The van der Waals surface area contributed by atoms with E-state index in [1.54, 1.807) is 31.5 Å². The van der Waals surface area contributed by atoms with Crippen molar-refractivity contribution in [3.63, 3.8) is 0 Å². The first-order valence-corrected chi connectivity index (χ1v) is 22.7. The molecule has 1 fully saturated rings. The van der Waals surface area contributed by atoms with E-state index in [2.05, 4.69) is 60.1 Å². The molecule has 6 rings (SSSR count). The van der Waals surface area contributed by atoms with Gasteiger partial charge in [-0.25, -0.2) is 14.2 Å². The third-order valence-corrected chi connectivity index (χ3v) is 16.7. The number of nitrogens with one attached hydrogen (secondary N) is 1. The maximum atomic E-state index is 15.9. The number of rotatable bonds is 13. The number of hydrogen-bond acceptors (Lipinski definition) is 8. The molecule has 2 aromatic carbocycles. The maximum absolute atomic E-state index is 15.9. The zero-order valence-corrected chi connectivity index (χ0v) is 36.0. The number of pyridine rings is 2. The fourth-order valence-electron chi connectivity index (χ4n) is 7.08. The molecule has 0 aliphatic carbocycles. The lowest BCUT2D eigenvalue weighted by atomic mass is 9.94. The standard InChI is InChI=1S/C42H50Cl2FN5O6Si/c1-42(2,3)57(6,7)56-18-17-49-16-14-25-19-26(20-35(54-4)31(25)23-49)39-38(44)29(13-15-46-39)28-9-8-10-30(37(28)43)34-21-33(45)32(40(48-34)55-5)24-50(41(52)53)22-27-11-12-36(51)47-27/h8-10,13,15,19-21,27H,11-12,14,16-18,22-24H2,1-7H3,(H,47,51)(H,52,53)/t27-/m0/s1. The van der Waals surface area contributed by atoms with Gasteiger partial charge >= 0.3 is 6.09 Å². The molecule has 2 amide bonds. The number of methoxy groups -OCH3 is 2. The van der Waals surface area contributed by atoms with Crippen molar-refractivity contribution in [2.24, 2.45) is 0 Å². The molecule has 0 unspecified atom stereocenters. The van der Waals surface area contributed by atoms with Crippen LogP contribution >= 0.6 is 23.2 Å². The summed E-state index contributed by atoms with van der Waals surface area (Å²) in [6.07, 6.45) is 2.06. The second-order valence-corrected chi connectivity index (χ2v) is 21.6. The Morgan fingerprint density at radius 2 is 1.81 bits per heavy atom. The number of ether oxygens (including phenoxy) is 2. The highest BCUT2D eigenvalue weighted by molar-refractivity contribution is 6.74. The van der Waals surface area contributed by atoms with Gasteiger partial charge in [0.15, 0.2) is 8.32 Å². The zero-order valence-electron chi connectivity index (χ0n) is 33.5. The first-order valence-electron chi connectivity index (χ1n) is 19.0. The molecule has 0 radical (unpaired) electrons. The summed E-state index contributed by atoms with van der Waals surface area (Å²) in [4.78, 5) is 36.5. The fourth-order valence-corrected chi connectivity index (χ4v) is 8.77. The van der Waals surface area contributed by atoms with Gasteiger partial charge in [-0.3, -0.25) is 14.7 Å². The second kappa shape index (κ2) is 17.3. The number of benzene rings is 2. The number of amides is 2. The minimum atomic E-state index is -1.84. The number of fused-ring (bicyclic) bond motifs is 1. The van der Waals surface area contributed by atoms with Crippen LogP contribution in [0.3, 0.4) is 0 Å². The average Bonchev–Trinajstić information content (AvgIpc) is 3.58. The Labute approximate surface area is 344 Å². The molecule has 0 saturated carbocycles. The van der Waals surface area contributed by atoms with Crippen molar-refractivity contribution in [1.29, 1.82) is 0 Å². The summed E-state index contributed by atoms with van der Waals surface area (Å²) in [7, 11) is 1.18. The molecule has 2 aliphatic rings. The first kappa shape index (κ1) is 42.3. The van der Waals surface area contributed by atoms with Crippen molar-refractivity contribution >= 4 is 43.5 Å². The highest BCUT2D eigenvalue weighted by atomic mass is 35.5. The Morgan fingerprint density at radius 3 is 2.47 bits per heavy atom. The van der Waals surface area contributed by atoms with Crippen LogP contribution in [0.15, 0.2) is 48.7 Å². The zero-order chi connectivity index (χ0) is 41.2. The highest BCUT2D eigenvalue weighted by Crippen LogP contribution is 2.44. The number of carboxylic acid groups (broad SMARTS) is 1. The smallest absolute Gasteiger partial charge is 0.407 e. The summed E-state index contributed by atoms with van der Waals surface area (Å²) in [5.74, 6) is -0.175. The molecule has 0 spiro atoms. The van der Waals surface area contributed by atoms with Crippen molar-refractivity contribution in [3.8, 4) is 45.3 Å².